The zero-order valence-corrected chi connectivity index (χ0v) is 7.74. The predicted octanol–water partition coefficient (Wildman–Crippen LogP) is -0.528. The summed E-state index contributed by atoms with van der Waals surface area (Å²) in [6.07, 6.45) is 0. The van der Waals surface area contributed by atoms with Crippen LogP contribution in [0.2, 0.25) is 0 Å². The molecule has 10 heavy (non-hydrogen) atoms. The molecule has 0 heterocycles. The average molecular weight is 228 g/mol. The van der Waals surface area contributed by atoms with Gasteiger partial charge in [-0.15, -0.1) is 0 Å². The van der Waals surface area contributed by atoms with E-state index in [9.17, 15) is 0 Å². The number of rotatable bonds is 0. The molecule has 0 spiro atoms. The van der Waals surface area contributed by atoms with Gasteiger partial charge in [-0.05, 0) is 11.8 Å². The van der Waals surface area contributed by atoms with Crippen molar-refractivity contribution in [3.63, 3.8) is 0 Å². The maximum atomic E-state index is 8.74. The zero-order valence-electron chi connectivity index (χ0n) is 4.32. The number of hydrogen-bond donors (Lipinski definition) is 5. The summed E-state index contributed by atoms with van der Waals surface area (Å²) in [7, 11) is -4.67. The van der Waals surface area contributed by atoms with E-state index in [4.69, 9.17) is 27.3 Å². The maximum Gasteiger partial charge on any atom is 0.394 e. The lowest BCUT2D eigenvalue weighted by atomic mass is 15.8. The van der Waals surface area contributed by atoms with E-state index in [1.807, 2.05) is 0 Å². The summed E-state index contributed by atoms with van der Waals surface area (Å²) in [5.74, 6) is 0. The van der Waals surface area contributed by atoms with Crippen LogP contribution in [0.15, 0.2) is 0 Å². The second-order valence-electron chi connectivity index (χ2n) is 0.961. The van der Waals surface area contributed by atoms with Crippen LogP contribution in [0.4, 0.5) is 0 Å². The van der Waals surface area contributed by atoms with Crippen molar-refractivity contribution < 1.29 is 27.3 Å². The second kappa shape index (κ2) is 4.62. The van der Waals surface area contributed by atoms with E-state index in [0.717, 1.165) is 0 Å². The summed E-state index contributed by atoms with van der Waals surface area (Å²) in [6.45, 7) is 0. The van der Waals surface area contributed by atoms with Crippen LogP contribution >= 0.6 is 17.9 Å². The fraction of sp³-hybridized carbons (Fsp3) is 0. The molecule has 0 saturated heterocycles. The molecule has 6 nitrogen and oxygen atoms in total. The largest absolute Gasteiger partial charge is 0.394 e. The molecule has 10 heteroatoms. The molecule has 0 amide bonds. The van der Waals surface area contributed by atoms with E-state index in [1.54, 1.807) is 0 Å². The van der Waals surface area contributed by atoms with Crippen LogP contribution < -0.4 is 0 Å². The molecule has 64 valence electrons. The van der Waals surface area contributed by atoms with Gasteiger partial charge in [0, 0.05) is 0 Å². The van der Waals surface area contributed by atoms with E-state index >= 15 is 0 Å². The Morgan fingerprint density at radius 1 is 1.30 bits per heavy atom. The van der Waals surface area contributed by atoms with E-state index in [2.05, 4.69) is 24.1 Å². The Morgan fingerprint density at radius 3 is 1.30 bits per heavy atom. The highest BCUT2D eigenvalue weighted by Crippen LogP contribution is 2.39. The minimum absolute atomic E-state index is 3.11. The van der Waals surface area contributed by atoms with Crippen molar-refractivity contribution in [1.29, 1.82) is 0 Å². The Kier molecular flexibility index (Phi) is 6.19. The quantitative estimate of drug-likeness (QED) is 0.215. The van der Waals surface area contributed by atoms with Crippen molar-refractivity contribution in [2.24, 2.45) is 0 Å². The lowest BCUT2D eigenvalue weighted by molar-refractivity contribution is 0.381. The van der Waals surface area contributed by atoms with Gasteiger partial charge in [0.2, 0.25) is 5.69 Å². The first-order valence-corrected chi connectivity index (χ1v) is 6.74. The Labute approximate surface area is 67.8 Å². The van der Waals surface area contributed by atoms with Crippen LogP contribution in [0.5, 0.6) is 0 Å². The van der Waals surface area contributed by atoms with E-state index < -0.39 is 16.1 Å². The van der Waals surface area contributed by atoms with Crippen LogP contribution in [-0.4, -0.2) is 27.3 Å². The van der Waals surface area contributed by atoms with E-state index in [0.29, 0.717) is 0 Å². The summed E-state index contributed by atoms with van der Waals surface area (Å²) in [4.78, 5) is 15.7. The molecular weight excluding hydrogens is 223 g/mol. The summed E-state index contributed by atoms with van der Waals surface area (Å²) < 4.78 is 31.6. The third-order valence-electron chi connectivity index (χ3n) is 0. The van der Waals surface area contributed by atoms with Gasteiger partial charge in [0.25, 0.3) is 0 Å². The van der Waals surface area contributed by atoms with Gasteiger partial charge in [-0.2, -0.15) is 8.42 Å². The molecule has 0 saturated carbocycles. The van der Waals surface area contributed by atoms with Gasteiger partial charge >= 0.3 is 10.4 Å². The lowest BCUT2D eigenvalue weighted by Gasteiger charge is -1.88. The number of thiol groups is 1. The summed E-state index contributed by atoms with van der Waals surface area (Å²) in [6, 6.07) is 0. The lowest BCUT2D eigenvalue weighted by Crippen LogP contribution is -1.89. The Bertz CT molecular complexity index is 191. The van der Waals surface area contributed by atoms with Gasteiger partial charge in [0.1, 0.15) is 0 Å². The molecule has 0 aliphatic rings. The molecule has 0 bridgehead atoms. The van der Waals surface area contributed by atoms with Gasteiger partial charge in [-0.3, -0.25) is 9.11 Å². The Balaban J connectivity index is 0. The van der Waals surface area contributed by atoms with Crippen molar-refractivity contribution in [1.82, 2.24) is 0 Å². The molecule has 0 aromatic heterocycles. The van der Waals surface area contributed by atoms with Gasteiger partial charge < -0.3 is 9.79 Å². The van der Waals surface area contributed by atoms with E-state index in [1.165, 1.54) is 0 Å². The summed E-state index contributed by atoms with van der Waals surface area (Å²) >= 11 is 7.07. The van der Waals surface area contributed by atoms with Crippen molar-refractivity contribution >= 4 is 40.1 Å². The van der Waals surface area contributed by atoms with E-state index in [-0.39, 0.29) is 0 Å². The first-order chi connectivity index (χ1) is 4.00. The maximum absolute atomic E-state index is 8.74. The average Bonchev–Trinajstić information content (AvgIpc) is 1.12. The topological polar surface area (TPSA) is 115 Å². The molecule has 0 aliphatic heterocycles. The second-order valence-corrected chi connectivity index (χ2v) is 6.90. The monoisotopic (exact) mass is 228 g/mol. The minimum Gasteiger partial charge on any atom is -0.338 e. The third-order valence-corrected chi connectivity index (χ3v) is 0. The van der Waals surface area contributed by atoms with Crippen LogP contribution in [0.3, 0.4) is 0 Å². The van der Waals surface area contributed by atoms with Gasteiger partial charge in [0.15, 0.2) is 0 Å². The van der Waals surface area contributed by atoms with Crippen LogP contribution in [0.25, 0.3) is 0 Å². The Hall–Kier alpha value is 0.790. The SMILES string of the molecule is O=S(=O)(O)O.OP(O)(=S)S. The van der Waals surface area contributed by atoms with Crippen LogP contribution in [0, 0.1) is 0 Å². The first kappa shape index (κ1) is 13.4. The van der Waals surface area contributed by atoms with Crippen LogP contribution in [-0.2, 0) is 22.2 Å². The smallest absolute Gasteiger partial charge is 0.338 e. The third kappa shape index (κ3) is 855. The normalized spacial score (nSPS) is 11.7. The fourth-order valence-electron chi connectivity index (χ4n) is 0. The van der Waals surface area contributed by atoms with Crippen molar-refractivity contribution in [2.75, 3.05) is 0 Å². The molecular formula is H5O6PS3. The number of hydrogen-bond acceptors (Lipinski definition) is 3. The van der Waals surface area contributed by atoms with Crippen molar-refractivity contribution in [3.8, 4) is 0 Å². The predicted molar refractivity (Wildman–Crippen MR) is 41.9 cm³/mol. The molecule has 0 rings (SSSR count). The molecule has 4 N–H and O–H groups in total. The fourth-order valence-corrected chi connectivity index (χ4v) is 0. The van der Waals surface area contributed by atoms with Crippen molar-refractivity contribution in [2.45, 2.75) is 0 Å². The highest BCUT2D eigenvalue weighted by atomic mass is 32.9. The molecule has 0 aliphatic carbocycles. The molecule has 0 aromatic carbocycles. The minimum atomic E-state index is -4.67. The molecule has 0 aromatic rings. The summed E-state index contributed by atoms with van der Waals surface area (Å²) in [5.41, 5.74) is -3.11. The molecule has 0 fully saturated rings. The van der Waals surface area contributed by atoms with Gasteiger partial charge in [0.05, 0.1) is 0 Å². The van der Waals surface area contributed by atoms with Gasteiger partial charge in [-0.25, -0.2) is 0 Å². The Morgan fingerprint density at radius 2 is 1.30 bits per heavy atom. The van der Waals surface area contributed by atoms with Gasteiger partial charge in [-0.1, -0.05) is 12.2 Å². The summed E-state index contributed by atoms with van der Waals surface area (Å²) in [5, 5.41) is 0. The van der Waals surface area contributed by atoms with Crippen LogP contribution in [0.1, 0.15) is 0 Å². The molecule has 0 atom stereocenters. The van der Waals surface area contributed by atoms with Crippen molar-refractivity contribution in [3.05, 3.63) is 0 Å². The molecule has 0 unspecified atom stereocenters. The molecule has 0 radical (unpaired) electrons. The first-order valence-electron chi connectivity index (χ1n) is 1.48. The standard InChI is InChI=1S/H2O4S.H3O2PS2/c1-5(2,3)4;1-3(2,4)5/h(H2,1,2,3,4);(H3,1,2,4,5). The zero-order chi connectivity index (χ0) is 9.00. The highest BCUT2D eigenvalue weighted by Gasteiger charge is 1.90. The highest BCUT2D eigenvalue weighted by molar-refractivity contribution is 8.59.